The van der Waals surface area contributed by atoms with Gasteiger partial charge in [0, 0.05) is 19.6 Å². The molecule has 0 spiro atoms. The summed E-state index contributed by atoms with van der Waals surface area (Å²) in [5, 5.41) is 0. The molecule has 2 nitrogen and oxygen atoms in total. The Balaban J connectivity index is 1.87. The molecule has 124 valence electrons. The Labute approximate surface area is 136 Å². The Morgan fingerprint density at radius 2 is 1.64 bits per heavy atom. The lowest BCUT2D eigenvalue weighted by molar-refractivity contribution is -0.0708. The van der Waals surface area contributed by atoms with Crippen molar-refractivity contribution in [3.05, 3.63) is 35.4 Å². The number of morpholine rings is 1. The molecule has 1 aromatic rings. The Hall–Kier alpha value is -0.860. The molecule has 2 rings (SSSR count). The summed E-state index contributed by atoms with van der Waals surface area (Å²) in [6.07, 6.45) is 1.88. The first-order valence-corrected chi connectivity index (χ1v) is 8.71. The van der Waals surface area contributed by atoms with Crippen molar-refractivity contribution in [2.75, 3.05) is 19.6 Å². The molecule has 0 aromatic heterocycles. The van der Waals surface area contributed by atoms with E-state index in [2.05, 4.69) is 70.7 Å². The topological polar surface area (TPSA) is 12.5 Å². The molecule has 0 bridgehead atoms. The minimum atomic E-state index is 0.240. The Kier molecular flexibility index (Phi) is 5.68. The number of hydrogen-bond donors (Lipinski definition) is 0. The van der Waals surface area contributed by atoms with Gasteiger partial charge in [-0.1, -0.05) is 52.0 Å². The molecular weight excluding hydrogens is 270 g/mol. The summed E-state index contributed by atoms with van der Waals surface area (Å²) in [5.41, 5.74) is 3.11. The highest BCUT2D eigenvalue weighted by molar-refractivity contribution is 5.27. The molecule has 0 aliphatic carbocycles. The second-order valence-electron chi connectivity index (χ2n) is 8.23. The first kappa shape index (κ1) is 17.5. The first-order chi connectivity index (χ1) is 10.2. The van der Waals surface area contributed by atoms with Gasteiger partial charge in [-0.25, -0.2) is 0 Å². The van der Waals surface area contributed by atoms with E-state index in [1.54, 1.807) is 0 Å². The SMILES string of the molecule is C[C@H](Cc1ccc(C(C)(C)C)cc1)CN1C[C@H](C)O[C@@H](C)C1. The fraction of sp³-hybridized carbons (Fsp3) is 0.700. The molecule has 0 N–H and O–H groups in total. The van der Waals surface area contributed by atoms with Crippen LogP contribution in [0.5, 0.6) is 0 Å². The van der Waals surface area contributed by atoms with Gasteiger partial charge in [0.25, 0.3) is 0 Å². The number of rotatable bonds is 4. The Bertz CT molecular complexity index is 450. The van der Waals surface area contributed by atoms with Gasteiger partial charge in [-0.3, -0.25) is 4.90 Å². The summed E-state index contributed by atoms with van der Waals surface area (Å²) >= 11 is 0. The van der Waals surface area contributed by atoms with Crippen molar-refractivity contribution in [2.45, 2.75) is 65.6 Å². The number of nitrogens with zero attached hydrogens (tertiary/aromatic N) is 1. The minimum absolute atomic E-state index is 0.240. The lowest BCUT2D eigenvalue weighted by atomic mass is 9.86. The average Bonchev–Trinajstić information content (AvgIpc) is 2.36. The predicted octanol–water partition coefficient (Wildman–Crippen LogP) is 4.27. The van der Waals surface area contributed by atoms with Crippen LogP contribution >= 0.6 is 0 Å². The Morgan fingerprint density at radius 3 is 2.14 bits per heavy atom. The van der Waals surface area contributed by atoms with Gasteiger partial charge in [-0.2, -0.15) is 0 Å². The van der Waals surface area contributed by atoms with E-state index >= 15 is 0 Å². The van der Waals surface area contributed by atoms with Crippen LogP contribution in [0, 0.1) is 5.92 Å². The highest BCUT2D eigenvalue weighted by Crippen LogP contribution is 2.23. The lowest BCUT2D eigenvalue weighted by Gasteiger charge is -2.36. The molecule has 1 aromatic carbocycles. The van der Waals surface area contributed by atoms with Crippen LogP contribution in [0.3, 0.4) is 0 Å². The molecule has 1 heterocycles. The Morgan fingerprint density at radius 1 is 1.09 bits per heavy atom. The van der Waals surface area contributed by atoms with Gasteiger partial charge >= 0.3 is 0 Å². The van der Waals surface area contributed by atoms with Gasteiger partial charge in [0.2, 0.25) is 0 Å². The van der Waals surface area contributed by atoms with Crippen molar-refractivity contribution in [2.24, 2.45) is 5.92 Å². The molecule has 22 heavy (non-hydrogen) atoms. The van der Waals surface area contributed by atoms with Crippen molar-refractivity contribution in [3.63, 3.8) is 0 Å². The molecule has 0 radical (unpaired) electrons. The van der Waals surface area contributed by atoms with Crippen molar-refractivity contribution in [1.82, 2.24) is 4.90 Å². The van der Waals surface area contributed by atoms with Gasteiger partial charge in [0.1, 0.15) is 0 Å². The molecule has 0 amide bonds. The summed E-state index contributed by atoms with van der Waals surface area (Å²) in [6, 6.07) is 9.20. The third-order valence-corrected chi connectivity index (χ3v) is 4.47. The molecule has 0 saturated carbocycles. The predicted molar refractivity (Wildman–Crippen MR) is 94.5 cm³/mol. The van der Waals surface area contributed by atoms with Crippen LogP contribution in [0.2, 0.25) is 0 Å². The van der Waals surface area contributed by atoms with E-state index in [9.17, 15) is 0 Å². The third-order valence-electron chi connectivity index (χ3n) is 4.47. The van der Waals surface area contributed by atoms with Crippen molar-refractivity contribution in [1.29, 1.82) is 0 Å². The number of benzene rings is 1. The van der Waals surface area contributed by atoms with Crippen LogP contribution in [0.25, 0.3) is 0 Å². The monoisotopic (exact) mass is 303 g/mol. The maximum absolute atomic E-state index is 5.82. The molecule has 1 fully saturated rings. The summed E-state index contributed by atoms with van der Waals surface area (Å²) in [5.74, 6) is 0.679. The maximum Gasteiger partial charge on any atom is 0.0678 e. The van der Waals surface area contributed by atoms with Crippen LogP contribution in [-0.2, 0) is 16.6 Å². The molecule has 2 heteroatoms. The highest BCUT2D eigenvalue weighted by Gasteiger charge is 2.23. The minimum Gasteiger partial charge on any atom is -0.373 e. The summed E-state index contributed by atoms with van der Waals surface area (Å²) < 4.78 is 5.82. The largest absolute Gasteiger partial charge is 0.373 e. The fourth-order valence-electron chi connectivity index (χ4n) is 3.48. The van der Waals surface area contributed by atoms with Crippen molar-refractivity contribution < 1.29 is 4.74 Å². The van der Waals surface area contributed by atoms with E-state index in [4.69, 9.17) is 4.74 Å². The lowest BCUT2D eigenvalue weighted by Crippen LogP contribution is -2.47. The van der Waals surface area contributed by atoms with E-state index in [0.29, 0.717) is 18.1 Å². The van der Waals surface area contributed by atoms with E-state index in [0.717, 1.165) is 19.5 Å². The molecule has 1 saturated heterocycles. The third kappa shape index (κ3) is 5.10. The second kappa shape index (κ2) is 7.14. The van der Waals surface area contributed by atoms with Crippen molar-refractivity contribution in [3.8, 4) is 0 Å². The van der Waals surface area contributed by atoms with E-state index < -0.39 is 0 Å². The van der Waals surface area contributed by atoms with Gasteiger partial charge in [0.05, 0.1) is 12.2 Å². The van der Waals surface area contributed by atoms with E-state index in [1.165, 1.54) is 17.7 Å². The standard InChI is InChI=1S/C20H33NO/c1-15(12-21-13-16(2)22-17(3)14-21)11-18-7-9-19(10-8-18)20(4,5)6/h7-10,15-17H,11-14H2,1-6H3/t15-,16+,17+/m1/s1. The smallest absolute Gasteiger partial charge is 0.0678 e. The van der Waals surface area contributed by atoms with Crippen molar-refractivity contribution >= 4 is 0 Å². The van der Waals surface area contributed by atoms with Crippen LogP contribution in [0.15, 0.2) is 24.3 Å². The van der Waals surface area contributed by atoms with E-state index in [1.807, 2.05) is 0 Å². The van der Waals surface area contributed by atoms with Crippen LogP contribution in [0.4, 0.5) is 0 Å². The van der Waals surface area contributed by atoms with Crippen LogP contribution in [-0.4, -0.2) is 36.7 Å². The zero-order valence-electron chi connectivity index (χ0n) is 15.2. The fourth-order valence-corrected chi connectivity index (χ4v) is 3.48. The second-order valence-corrected chi connectivity index (χ2v) is 8.23. The zero-order chi connectivity index (χ0) is 16.3. The maximum atomic E-state index is 5.82. The summed E-state index contributed by atoms with van der Waals surface area (Å²) in [7, 11) is 0. The molecule has 3 atom stereocenters. The summed E-state index contributed by atoms with van der Waals surface area (Å²) in [6.45, 7) is 16.8. The van der Waals surface area contributed by atoms with Gasteiger partial charge in [-0.05, 0) is 42.7 Å². The highest BCUT2D eigenvalue weighted by atomic mass is 16.5. The normalized spacial score (nSPS) is 25.2. The number of ether oxygens (including phenoxy) is 1. The van der Waals surface area contributed by atoms with E-state index in [-0.39, 0.29) is 5.41 Å². The molecule has 1 aliphatic heterocycles. The van der Waals surface area contributed by atoms with Crippen LogP contribution in [0.1, 0.15) is 52.7 Å². The first-order valence-electron chi connectivity index (χ1n) is 8.71. The average molecular weight is 303 g/mol. The van der Waals surface area contributed by atoms with Gasteiger partial charge in [0.15, 0.2) is 0 Å². The summed E-state index contributed by atoms with van der Waals surface area (Å²) in [4.78, 5) is 2.56. The van der Waals surface area contributed by atoms with Gasteiger partial charge < -0.3 is 4.74 Å². The quantitative estimate of drug-likeness (QED) is 0.823. The number of hydrogen-bond acceptors (Lipinski definition) is 2. The van der Waals surface area contributed by atoms with Crippen LogP contribution < -0.4 is 0 Å². The molecule has 1 aliphatic rings. The molecule has 0 unspecified atom stereocenters. The zero-order valence-corrected chi connectivity index (χ0v) is 15.2. The van der Waals surface area contributed by atoms with Gasteiger partial charge in [-0.15, -0.1) is 0 Å². The molecular formula is C20H33NO.